The minimum absolute atomic E-state index is 0.0188. The number of aryl methyl sites for hydroxylation is 1. The van der Waals surface area contributed by atoms with Crippen molar-refractivity contribution in [1.29, 1.82) is 0 Å². The standard InChI is InChI=1S/C18H26N4O/c1-5-22-17(13-16(20-22)12-14(2)3)18(23)21(4)11-9-15-8-6-7-10-19-15/h6-8,10,13-14H,5,9,11-12H2,1-4H3. The lowest BCUT2D eigenvalue weighted by Gasteiger charge is -2.17. The topological polar surface area (TPSA) is 51.0 Å². The van der Waals surface area contributed by atoms with Crippen LogP contribution in [-0.2, 0) is 19.4 Å². The molecule has 0 aliphatic heterocycles. The van der Waals surface area contributed by atoms with E-state index in [1.807, 2.05) is 38.2 Å². The predicted octanol–water partition coefficient (Wildman–Crippen LogP) is 2.81. The zero-order valence-corrected chi connectivity index (χ0v) is 14.5. The van der Waals surface area contributed by atoms with Crippen molar-refractivity contribution >= 4 is 5.91 Å². The van der Waals surface area contributed by atoms with E-state index in [4.69, 9.17) is 0 Å². The largest absolute Gasteiger partial charge is 0.340 e. The van der Waals surface area contributed by atoms with Gasteiger partial charge in [0.25, 0.3) is 5.91 Å². The fraction of sp³-hybridized carbons (Fsp3) is 0.500. The Bertz CT molecular complexity index is 634. The first kappa shape index (κ1) is 17.2. The van der Waals surface area contributed by atoms with Gasteiger partial charge in [-0.3, -0.25) is 14.5 Å². The predicted molar refractivity (Wildman–Crippen MR) is 91.3 cm³/mol. The van der Waals surface area contributed by atoms with E-state index in [2.05, 4.69) is 23.9 Å². The lowest BCUT2D eigenvalue weighted by atomic mass is 10.1. The van der Waals surface area contributed by atoms with Crippen LogP contribution in [0.3, 0.4) is 0 Å². The van der Waals surface area contributed by atoms with E-state index in [0.717, 1.165) is 24.2 Å². The molecule has 2 aromatic rings. The summed E-state index contributed by atoms with van der Waals surface area (Å²) < 4.78 is 1.80. The summed E-state index contributed by atoms with van der Waals surface area (Å²) in [5.74, 6) is 0.547. The second kappa shape index (κ2) is 7.90. The van der Waals surface area contributed by atoms with Gasteiger partial charge in [-0.05, 0) is 37.5 Å². The molecule has 2 aromatic heterocycles. The highest BCUT2D eigenvalue weighted by Crippen LogP contribution is 2.12. The zero-order chi connectivity index (χ0) is 16.8. The Morgan fingerprint density at radius 3 is 2.70 bits per heavy atom. The van der Waals surface area contributed by atoms with E-state index in [9.17, 15) is 4.79 Å². The van der Waals surface area contributed by atoms with Crippen molar-refractivity contribution in [1.82, 2.24) is 19.7 Å². The van der Waals surface area contributed by atoms with Crippen molar-refractivity contribution in [2.45, 2.75) is 40.2 Å². The number of hydrogen-bond acceptors (Lipinski definition) is 3. The number of pyridine rings is 1. The van der Waals surface area contributed by atoms with Crippen LogP contribution < -0.4 is 0 Å². The summed E-state index contributed by atoms with van der Waals surface area (Å²) in [6.07, 6.45) is 3.43. The average Bonchev–Trinajstić information content (AvgIpc) is 2.94. The van der Waals surface area contributed by atoms with E-state index in [1.165, 1.54) is 0 Å². The van der Waals surface area contributed by atoms with Crippen LogP contribution in [0.4, 0.5) is 0 Å². The van der Waals surface area contributed by atoms with Crippen molar-refractivity contribution in [2.24, 2.45) is 5.92 Å². The van der Waals surface area contributed by atoms with Gasteiger partial charge in [-0.15, -0.1) is 0 Å². The van der Waals surface area contributed by atoms with Gasteiger partial charge in [-0.2, -0.15) is 5.10 Å². The molecular weight excluding hydrogens is 288 g/mol. The first-order chi connectivity index (χ1) is 11.0. The van der Waals surface area contributed by atoms with E-state index >= 15 is 0 Å². The Hall–Kier alpha value is -2.17. The molecule has 124 valence electrons. The van der Waals surface area contributed by atoms with Crippen molar-refractivity contribution < 1.29 is 4.79 Å². The second-order valence-electron chi connectivity index (χ2n) is 6.23. The number of rotatable bonds is 7. The van der Waals surface area contributed by atoms with Crippen molar-refractivity contribution in [3.05, 3.63) is 47.5 Å². The molecule has 1 amide bonds. The zero-order valence-electron chi connectivity index (χ0n) is 14.5. The van der Waals surface area contributed by atoms with Gasteiger partial charge in [0.1, 0.15) is 5.69 Å². The molecule has 0 spiro atoms. The Balaban J connectivity index is 2.04. The van der Waals surface area contributed by atoms with Gasteiger partial charge in [-0.25, -0.2) is 0 Å². The highest BCUT2D eigenvalue weighted by atomic mass is 16.2. The number of carbonyl (C=O) groups is 1. The van der Waals surface area contributed by atoms with Crippen LogP contribution in [0.2, 0.25) is 0 Å². The summed E-state index contributed by atoms with van der Waals surface area (Å²) in [5.41, 5.74) is 2.66. The molecule has 2 rings (SSSR count). The van der Waals surface area contributed by atoms with Gasteiger partial charge in [0.05, 0.1) is 5.69 Å². The van der Waals surface area contributed by atoms with E-state index in [-0.39, 0.29) is 5.91 Å². The first-order valence-electron chi connectivity index (χ1n) is 8.23. The maximum absolute atomic E-state index is 12.7. The fourth-order valence-electron chi connectivity index (χ4n) is 2.53. The Morgan fingerprint density at radius 2 is 2.09 bits per heavy atom. The van der Waals surface area contributed by atoms with Gasteiger partial charge in [0.2, 0.25) is 0 Å². The molecule has 0 aromatic carbocycles. The molecule has 0 saturated heterocycles. The maximum Gasteiger partial charge on any atom is 0.271 e. The summed E-state index contributed by atoms with van der Waals surface area (Å²) in [4.78, 5) is 18.7. The van der Waals surface area contributed by atoms with Gasteiger partial charge in [0, 0.05) is 38.4 Å². The summed E-state index contributed by atoms with van der Waals surface area (Å²) in [6.45, 7) is 7.67. The highest BCUT2D eigenvalue weighted by molar-refractivity contribution is 5.92. The second-order valence-corrected chi connectivity index (χ2v) is 6.23. The van der Waals surface area contributed by atoms with Gasteiger partial charge in [0.15, 0.2) is 0 Å². The normalized spacial score (nSPS) is 11.0. The number of nitrogens with zero attached hydrogens (tertiary/aromatic N) is 4. The van der Waals surface area contributed by atoms with Crippen molar-refractivity contribution in [2.75, 3.05) is 13.6 Å². The van der Waals surface area contributed by atoms with E-state index < -0.39 is 0 Å². The molecule has 23 heavy (non-hydrogen) atoms. The third-order valence-electron chi connectivity index (χ3n) is 3.74. The molecule has 0 saturated carbocycles. The van der Waals surface area contributed by atoms with Crippen molar-refractivity contribution in [3.63, 3.8) is 0 Å². The molecule has 0 aliphatic carbocycles. The van der Waals surface area contributed by atoms with E-state index in [1.54, 1.807) is 15.8 Å². The Kier molecular flexibility index (Phi) is 5.90. The van der Waals surface area contributed by atoms with Crippen LogP contribution in [0.25, 0.3) is 0 Å². The van der Waals surface area contributed by atoms with Crippen LogP contribution in [-0.4, -0.2) is 39.2 Å². The Labute approximate surface area is 138 Å². The van der Waals surface area contributed by atoms with Gasteiger partial charge >= 0.3 is 0 Å². The minimum atomic E-state index is 0.0188. The van der Waals surface area contributed by atoms with Crippen LogP contribution in [0, 0.1) is 5.92 Å². The minimum Gasteiger partial charge on any atom is -0.340 e. The highest BCUT2D eigenvalue weighted by Gasteiger charge is 2.18. The van der Waals surface area contributed by atoms with Crippen LogP contribution in [0.15, 0.2) is 30.5 Å². The molecular formula is C18H26N4O. The lowest BCUT2D eigenvalue weighted by molar-refractivity contribution is 0.0784. The van der Waals surface area contributed by atoms with E-state index in [0.29, 0.717) is 24.7 Å². The number of carbonyl (C=O) groups excluding carboxylic acids is 1. The molecule has 0 radical (unpaired) electrons. The quantitative estimate of drug-likeness (QED) is 0.789. The first-order valence-corrected chi connectivity index (χ1v) is 8.23. The van der Waals surface area contributed by atoms with Crippen LogP contribution in [0.5, 0.6) is 0 Å². The fourth-order valence-corrected chi connectivity index (χ4v) is 2.53. The summed E-state index contributed by atoms with van der Waals surface area (Å²) in [5, 5.41) is 4.55. The summed E-state index contributed by atoms with van der Waals surface area (Å²) in [6, 6.07) is 7.78. The third kappa shape index (κ3) is 4.65. The molecule has 0 aliphatic rings. The monoisotopic (exact) mass is 314 g/mol. The third-order valence-corrected chi connectivity index (χ3v) is 3.74. The Morgan fingerprint density at radius 1 is 1.30 bits per heavy atom. The summed E-state index contributed by atoms with van der Waals surface area (Å²) in [7, 11) is 1.83. The molecule has 5 nitrogen and oxygen atoms in total. The van der Waals surface area contributed by atoms with Gasteiger partial charge < -0.3 is 4.90 Å². The number of amides is 1. The molecule has 0 bridgehead atoms. The molecule has 2 heterocycles. The molecule has 5 heteroatoms. The number of hydrogen-bond donors (Lipinski definition) is 0. The SMILES string of the molecule is CCn1nc(CC(C)C)cc1C(=O)N(C)CCc1ccccn1. The van der Waals surface area contributed by atoms with Gasteiger partial charge in [-0.1, -0.05) is 19.9 Å². The maximum atomic E-state index is 12.7. The lowest BCUT2D eigenvalue weighted by Crippen LogP contribution is -2.30. The molecule has 0 N–H and O–H groups in total. The molecule has 0 fully saturated rings. The molecule has 0 unspecified atom stereocenters. The molecule has 0 atom stereocenters. The smallest absolute Gasteiger partial charge is 0.271 e. The van der Waals surface area contributed by atoms with Crippen molar-refractivity contribution in [3.8, 4) is 0 Å². The summed E-state index contributed by atoms with van der Waals surface area (Å²) >= 11 is 0. The number of aromatic nitrogens is 3. The van der Waals surface area contributed by atoms with Crippen LogP contribution >= 0.6 is 0 Å². The number of likely N-dealkylation sites (N-methyl/N-ethyl adjacent to an activating group) is 1. The average molecular weight is 314 g/mol. The van der Waals surface area contributed by atoms with Crippen LogP contribution in [0.1, 0.15) is 42.6 Å².